The van der Waals surface area contributed by atoms with Gasteiger partial charge in [0.1, 0.15) is 26.7 Å². The van der Waals surface area contributed by atoms with Gasteiger partial charge in [0.15, 0.2) is 8.38 Å². The highest BCUT2D eigenvalue weighted by Gasteiger charge is 2.42. The van der Waals surface area contributed by atoms with Crippen LogP contribution >= 0.6 is 8.38 Å². The molecule has 5 atom stereocenters. The fourth-order valence-corrected chi connectivity index (χ4v) is 2.84. The normalized spacial score (nSPS) is 32.3. The van der Waals surface area contributed by atoms with Crippen molar-refractivity contribution in [1.29, 1.82) is 5.26 Å². The Kier molecular flexibility index (Phi) is 6.64. The molecule has 0 saturated carbocycles. The summed E-state index contributed by atoms with van der Waals surface area (Å²) in [6.07, 6.45) is 4.51. The van der Waals surface area contributed by atoms with Gasteiger partial charge in [-0.15, -0.1) is 6.42 Å². The van der Waals surface area contributed by atoms with Gasteiger partial charge < -0.3 is 18.5 Å². The maximum absolute atomic E-state index is 8.47. The fourth-order valence-electron chi connectivity index (χ4n) is 1.83. The van der Waals surface area contributed by atoms with Crippen molar-refractivity contribution in [2.24, 2.45) is 0 Å². The second-order valence-electron chi connectivity index (χ2n) is 4.11. The Labute approximate surface area is 118 Å². The molecular weight excluding hydrogens is 264 g/mol. The summed E-state index contributed by atoms with van der Waals surface area (Å²) in [5.41, 5.74) is 0. The first kappa shape index (κ1) is 14.8. The summed E-state index contributed by atoms with van der Waals surface area (Å²) in [7, 11) is 0.734. The second kappa shape index (κ2) is 8.53. The van der Waals surface area contributed by atoms with Gasteiger partial charge in [-0.1, -0.05) is 5.92 Å². The Bertz CT molecular complexity index is 375. The van der Waals surface area contributed by atoms with E-state index in [-0.39, 0.29) is 37.8 Å². The van der Waals surface area contributed by atoms with Crippen molar-refractivity contribution in [2.75, 3.05) is 19.9 Å². The van der Waals surface area contributed by atoms with E-state index in [4.69, 9.17) is 31.6 Å². The number of terminal acetylenes is 1. The van der Waals surface area contributed by atoms with E-state index in [1.165, 1.54) is 0 Å². The molecule has 0 radical (unpaired) electrons. The molecule has 0 aromatic heterocycles. The first-order chi connectivity index (χ1) is 9.63. The molecule has 1 saturated heterocycles. The summed E-state index contributed by atoms with van der Waals surface area (Å²) in [5.74, 6) is 2.42. The topological polar surface area (TPSA) is 60.7 Å². The van der Waals surface area contributed by atoms with Crippen LogP contribution in [-0.2, 0) is 18.5 Å². The van der Waals surface area contributed by atoms with Gasteiger partial charge in [0.05, 0.1) is 31.2 Å². The van der Waals surface area contributed by atoms with E-state index >= 15 is 0 Å². The van der Waals surface area contributed by atoms with Gasteiger partial charge in [-0.2, -0.15) is 5.26 Å². The van der Waals surface area contributed by atoms with E-state index in [0.29, 0.717) is 13.0 Å². The summed E-state index contributed by atoms with van der Waals surface area (Å²) in [5, 5.41) is 8.47. The lowest BCUT2D eigenvalue weighted by atomic mass is 9.93. The highest BCUT2D eigenvalue weighted by atomic mass is 31.2. The summed E-state index contributed by atoms with van der Waals surface area (Å²) < 4.78 is 30.0. The van der Waals surface area contributed by atoms with Crippen molar-refractivity contribution in [2.45, 2.75) is 37.6 Å². The summed E-state index contributed by atoms with van der Waals surface area (Å²) in [6, 6.07) is 1.83. The van der Waals surface area contributed by atoms with Crippen LogP contribution in [0.3, 0.4) is 0 Å². The number of rotatable bonds is 7. The molecule has 104 valence electrons. The summed E-state index contributed by atoms with van der Waals surface area (Å²) in [4.78, 5) is 0. The fraction of sp³-hybridized carbons (Fsp3) is 0.750. The molecule has 1 rings (SSSR count). The number of ether oxygens (including phenoxy) is 2. The SMILES string of the molecule is [2H]C[C@H]1OC(B)[C@@H](OCC#C)[C@H]1OP(C)OCCC#N. The van der Waals surface area contributed by atoms with Crippen molar-refractivity contribution in [3.63, 3.8) is 0 Å². The van der Waals surface area contributed by atoms with E-state index in [9.17, 15) is 0 Å². The Balaban J connectivity index is 2.56. The molecule has 0 amide bonds. The lowest BCUT2D eigenvalue weighted by molar-refractivity contribution is 0.00425. The van der Waals surface area contributed by atoms with E-state index in [0.717, 1.165) is 0 Å². The molecule has 0 aromatic rings. The second-order valence-corrected chi connectivity index (χ2v) is 5.46. The third kappa shape index (κ3) is 5.11. The average molecular weight is 284 g/mol. The molecule has 0 bridgehead atoms. The third-order valence-corrected chi connectivity index (χ3v) is 3.75. The van der Waals surface area contributed by atoms with Gasteiger partial charge in [-0.25, -0.2) is 0 Å². The van der Waals surface area contributed by atoms with Crippen LogP contribution in [0.15, 0.2) is 0 Å². The van der Waals surface area contributed by atoms with Crippen molar-refractivity contribution in [3.05, 3.63) is 0 Å². The number of nitriles is 1. The molecule has 19 heavy (non-hydrogen) atoms. The standard InChI is InChI=1S/C12H19BNO4P/c1-4-7-15-11-10(9(2)17-12(11)13)18-19(3)16-8-5-6-14/h1,9-12H,5,7-8,13H2,2-3H3/t9-,10+,11+,12?,19?/m1/s1/i2D. The minimum atomic E-state index is -1.14. The Hall–Kier alpha value is -0.615. The molecule has 2 unspecified atom stereocenters. The highest BCUT2D eigenvalue weighted by Crippen LogP contribution is 2.40. The van der Waals surface area contributed by atoms with Crippen LogP contribution in [0, 0.1) is 23.7 Å². The van der Waals surface area contributed by atoms with E-state index in [1.807, 2.05) is 20.6 Å². The predicted octanol–water partition coefficient (Wildman–Crippen LogP) is 0.640. The van der Waals surface area contributed by atoms with Crippen LogP contribution in [-0.4, -0.2) is 52.0 Å². The zero-order valence-corrected chi connectivity index (χ0v) is 12.1. The third-order valence-electron chi connectivity index (χ3n) is 2.66. The largest absolute Gasteiger partial charge is 0.379 e. The number of nitrogens with zero attached hydrogens (tertiary/aromatic N) is 1. The molecule has 0 N–H and O–H groups in total. The van der Waals surface area contributed by atoms with Crippen molar-refractivity contribution < 1.29 is 19.9 Å². The monoisotopic (exact) mass is 284 g/mol. The first-order valence-corrected chi connectivity index (χ1v) is 7.66. The predicted molar refractivity (Wildman–Crippen MR) is 75.4 cm³/mol. The van der Waals surface area contributed by atoms with Gasteiger partial charge in [0, 0.05) is 8.04 Å². The molecule has 1 fully saturated rings. The van der Waals surface area contributed by atoms with Crippen molar-refractivity contribution in [3.8, 4) is 18.4 Å². The van der Waals surface area contributed by atoms with E-state index in [2.05, 4.69) is 5.92 Å². The molecule has 0 aliphatic carbocycles. The molecule has 1 aliphatic rings. The van der Waals surface area contributed by atoms with E-state index in [1.54, 1.807) is 0 Å². The number of hydrogen-bond donors (Lipinski definition) is 0. The quantitative estimate of drug-likeness (QED) is 0.297. The zero-order chi connectivity index (χ0) is 15.0. The average Bonchev–Trinajstić information content (AvgIpc) is 2.72. The molecule has 1 heterocycles. The van der Waals surface area contributed by atoms with Gasteiger partial charge in [-0.3, -0.25) is 0 Å². The van der Waals surface area contributed by atoms with Crippen molar-refractivity contribution >= 4 is 16.2 Å². The van der Waals surface area contributed by atoms with Crippen LogP contribution in [0.25, 0.3) is 0 Å². The van der Waals surface area contributed by atoms with Gasteiger partial charge in [0.25, 0.3) is 0 Å². The molecule has 1 aliphatic heterocycles. The van der Waals surface area contributed by atoms with Crippen LogP contribution in [0.5, 0.6) is 0 Å². The number of hydrogen-bond acceptors (Lipinski definition) is 5. The minimum Gasteiger partial charge on any atom is -0.379 e. The van der Waals surface area contributed by atoms with Gasteiger partial charge >= 0.3 is 0 Å². The summed E-state index contributed by atoms with van der Waals surface area (Å²) >= 11 is 0. The van der Waals surface area contributed by atoms with Crippen LogP contribution in [0.4, 0.5) is 0 Å². The van der Waals surface area contributed by atoms with Crippen LogP contribution < -0.4 is 0 Å². The van der Waals surface area contributed by atoms with Crippen LogP contribution in [0.1, 0.15) is 14.7 Å². The lowest BCUT2D eigenvalue weighted by Gasteiger charge is -2.25. The molecule has 5 nitrogen and oxygen atoms in total. The van der Waals surface area contributed by atoms with Crippen molar-refractivity contribution in [1.82, 2.24) is 0 Å². The molecule has 7 heteroatoms. The first-order valence-electron chi connectivity index (χ1n) is 6.74. The minimum absolute atomic E-state index is 0.0896. The Morgan fingerprint density at radius 3 is 3.00 bits per heavy atom. The Morgan fingerprint density at radius 1 is 1.58 bits per heavy atom. The maximum Gasteiger partial charge on any atom is 0.167 e. The molecule has 0 spiro atoms. The zero-order valence-electron chi connectivity index (χ0n) is 12.2. The van der Waals surface area contributed by atoms with Gasteiger partial charge in [0.2, 0.25) is 0 Å². The molecule has 0 aromatic carbocycles. The smallest absolute Gasteiger partial charge is 0.167 e. The molecular formula is C12H19BNO4P. The Morgan fingerprint density at radius 2 is 2.37 bits per heavy atom. The van der Waals surface area contributed by atoms with Gasteiger partial charge in [-0.05, 0) is 6.90 Å². The maximum atomic E-state index is 8.47. The lowest BCUT2D eigenvalue weighted by Crippen LogP contribution is -2.36. The highest BCUT2D eigenvalue weighted by molar-refractivity contribution is 7.46. The summed E-state index contributed by atoms with van der Waals surface area (Å²) in [6.45, 7) is 2.42. The van der Waals surface area contributed by atoms with E-state index < -0.39 is 8.38 Å². The van der Waals surface area contributed by atoms with Crippen LogP contribution in [0.2, 0.25) is 0 Å².